The number of fused-ring (bicyclic) bond motifs is 1. The van der Waals surface area contributed by atoms with Crippen LogP contribution in [0.3, 0.4) is 0 Å². The third-order valence-corrected chi connectivity index (χ3v) is 6.25. The lowest BCUT2D eigenvalue weighted by atomic mass is 10.0. The van der Waals surface area contributed by atoms with Crippen molar-refractivity contribution in [3.63, 3.8) is 0 Å². The van der Waals surface area contributed by atoms with Crippen LogP contribution in [0.1, 0.15) is 11.1 Å². The second-order valence-electron chi connectivity index (χ2n) is 7.80. The summed E-state index contributed by atoms with van der Waals surface area (Å²) in [6.07, 6.45) is 1.44. The Morgan fingerprint density at radius 2 is 1.84 bits per heavy atom. The molecule has 0 radical (unpaired) electrons. The van der Waals surface area contributed by atoms with E-state index in [0.29, 0.717) is 15.9 Å². The standard InChI is InChI=1S/C24H24N4O2S/c1-15-5-6-17(11-16(15)2)20-13-31-23-22(20)24(30)28(14-25-23)12-21(29)26-18-7-9-19(10-8-18)27(3)4/h5-11,13-14H,12H2,1-4H3,(H,26,29). The number of nitrogens with one attached hydrogen (secondary N) is 1. The Bertz CT molecular complexity index is 1320. The molecule has 158 valence electrons. The molecule has 1 amide bonds. The van der Waals surface area contributed by atoms with Crippen molar-refractivity contribution in [1.29, 1.82) is 0 Å². The minimum atomic E-state index is -0.274. The lowest BCUT2D eigenvalue weighted by Crippen LogP contribution is -2.27. The number of nitrogens with zero attached hydrogens (tertiary/aromatic N) is 3. The molecule has 2 aromatic heterocycles. The van der Waals surface area contributed by atoms with E-state index in [9.17, 15) is 9.59 Å². The summed E-state index contributed by atoms with van der Waals surface area (Å²) in [7, 11) is 3.92. The first-order valence-electron chi connectivity index (χ1n) is 9.95. The number of carbonyl (C=O) groups is 1. The monoisotopic (exact) mass is 432 g/mol. The van der Waals surface area contributed by atoms with Crippen LogP contribution in [-0.2, 0) is 11.3 Å². The molecule has 0 atom stereocenters. The summed E-state index contributed by atoms with van der Waals surface area (Å²) in [6.45, 7) is 4.02. The van der Waals surface area contributed by atoms with Crippen LogP contribution < -0.4 is 15.8 Å². The largest absolute Gasteiger partial charge is 0.378 e. The highest BCUT2D eigenvalue weighted by Gasteiger charge is 2.15. The zero-order chi connectivity index (χ0) is 22.1. The summed E-state index contributed by atoms with van der Waals surface area (Å²) in [4.78, 5) is 32.8. The minimum Gasteiger partial charge on any atom is -0.378 e. The summed E-state index contributed by atoms with van der Waals surface area (Å²) >= 11 is 1.44. The molecule has 1 N–H and O–H groups in total. The highest BCUT2D eigenvalue weighted by Crippen LogP contribution is 2.31. The van der Waals surface area contributed by atoms with E-state index in [1.54, 1.807) is 0 Å². The summed E-state index contributed by atoms with van der Waals surface area (Å²) in [5, 5.41) is 5.36. The van der Waals surface area contributed by atoms with Crippen LogP contribution in [0.4, 0.5) is 11.4 Å². The molecule has 0 saturated heterocycles. The fourth-order valence-electron chi connectivity index (χ4n) is 3.40. The van der Waals surface area contributed by atoms with Crippen molar-refractivity contribution in [3.8, 4) is 11.1 Å². The first-order chi connectivity index (χ1) is 14.8. The van der Waals surface area contributed by atoms with Gasteiger partial charge < -0.3 is 10.2 Å². The molecule has 4 aromatic rings. The van der Waals surface area contributed by atoms with Crippen molar-refractivity contribution >= 4 is 38.8 Å². The number of anilines is 2. The molecule has 7 heteroatoms. The van der Waals surface area contributed by atoms with Crippen LogP contribution in [0, 0.1) is 13.8 Å². The van der Waals surface area contributed by atoms with Gasteiger partial charge in [-0.25, -0.2) is 4.98 Å². The van der Waals surface area contributed by atoms with Gasteiger partial charge in [0.15, 0.2) is 0 Å². The molecule has 6 nitrogen and oxygen atoms in total. The maximum absolute atomic E-state index is 13.2. The van der Waals surface area contributed by atoms with Crippen LogP contribution in [0.15, 0.2) is 59.0 Å². The van der Waals surface area contributed by atoms with Crippen LogP contribution in [-0.4, -0.2) is 29.6 Å². The second kappa shape index (κ2) is 8.35. The molecule has 0 aliphatic carbocycles. The zero-order valence-electron chi connectivity index (χ0n) is 18.0. The maximum atomic E-state index is 13.2. The predicted octanol–water partition coefficient (Wildman–Crippen LogP) is 4.45. The summed E-state index contributed by atoms with van der Waals surface area (Å²) in [6, 6.07) is 13.7. The van der Waals surface area contributed by atoms with Gasteiger partial charge in [-0.15, -0.1) is 11.3 Å². The van der Waals surface area contributed by atoms with Crippen LogP contribution in [0.5, 0.6) is 0 Å². The summed E-state index contributed by atoms with van der Waals surface area (Å²) in [5.74, 6) is -0.274. The summed E-state index contributed by atoms with van der Waals surface area (Å²) < 4.78 is 1.36. The van der Waals surface area contributed by atoms with Crippen molar-refractivity contribution in [3.05, 3.63) is 75.7 Å². The molecule has 0 aliphatic heterocycles. The van der Waals surface area contributed by atoms with Gasteiger partial charge in [-0.2, -0.15) is 0 Å². The fraction of sp³-hybridized carbons (Fsp3) is 0.208. The Morgan fingerprint density at radius 1 is 1.10 bits per heavy atom. The van der Waals surface area contributed by atoms with Gasteiger partial charge >= 0.3 is 0 Å². The minimum absolute atomic E-state index is 0.0978. The lowest BCUT2D eigenvalue weighted by Gasteiger charge is -2.13. The average molecular weight is 433 g/mol. The van der Waals surface area contributed by atoms with Gasteiger partial charge in [0.25, 0.3) is 5.56 Å². The molecule has 0 fully saturated rings. The second-order valence-corrected chi connectivity index (χ2v) is 8.65. The van der Waals surface area contributed by atoms with E-state index in [0.717, 1.165) is 16.8 Å². The normalized spacial score (nSPS) is 11.0. The SMILES string of the molecule is Cc1ccc(-c2csc3ncn(CC(=O)Nc4ccc(N(C)C)cc4)c(=O)c23)cc1C. The summed E-state index contributed by atoms with van der Waals surface area (Å²) in [5.41, 5.74) is 5.72. The first-order valence-corrected chi connectivity index (χ1v) is 10.8. The van der Waals surface area contributed by atoms with Gasteiger partial charge in [0.2, 0.25) is 5.91 Å². The van der Waals surface area contributed by atoms with Gasteiger partial charge in [0, 0.05) is 36.4 Å². The van der Waals surface area contributed by atoms with Gasteiger partial charge in [0.1, 0.15) is 11.4 Å². The van der Waals surface area contributed by atoms with Crippen LogP contribution in [0.25, 0.3) is 21.3 Å². The van der Waals surface area contributed by atoms with E-state index in [1.807, 2.05) is 54.7 Å². The van der Waals surface area contributed by atoms with Crippen molar-refractivity contribution < 1.29 is 4.79 Å². The van der Waals surface area contributed by atoms with Crippen molar-refractivity contribution in [2.24, 2.45) is 0 Å². The average Bonchev–Trinajstić information content (AvgIpc) is 3.17. The number of aromatic nitrogens is 2. The third kappa shape index (κ3) is 4.22. The third-order valence-electron chi connectivity index (χ3n) is 5.36. The predicted molar refractivity (Wildman–Crippen MR) is 128 cm³/mol. The molecule has 0 saturated carbocycles. The number of amides is 1. The fourth-order valence-corrected chi connectivity index (χ4v) is 4.31. The Kier molecular flexibility index (Phi) is 5.61. The molecular formula is C24H24N4O2S. The van der Waals surface area contributed by atoms with E-state index in [2.05, 4.69) is 36.3 Å². The molecule has 0 aliphatic rings. The Hall–Kier alpha value is -3.45. The van der Waals surface area contributed by atoms with Crippen molar-refractivity contribution in [2.45, 2.75) is 20.4 Å². The number of benzene rings is 2. The number of rotatable bonds is 5. The van der Waals surface area contributed by atoms with Gasteiger partial charge in [0.05, 0.1) is 11.7 Å². The first kappa shape index (κ1) is 20.8. The highest BCUT2D eigenvalue weighted by molar-refractivity contribution is 7.17. The Labute approximate surface area is 184 Å². The molecule has 0 bridgehead atoms. The highest BCUT2D eigenvalue weighted by atomic mass is 32.1. The van der Waals surface area contributed by atoms with Gasteiger partial charge in [-0.3, -0.25) is 14.2 Å². The molecule has 0 unspecified atom stereocenters. The van der Waals surface area contributed by atoms with E-state index >= 15 is 0 Å². The van der Waals surface area contributed by atoms with Gasteiger partial charge in [-0.1, -0.05) is 18.2 Å². The van der Waals surface area contributed by atoms with Crippen LogP contribution in [0.2, 0.25) is 0 Å². The molecular weight excluding hydrogens is 408 g/mol. The van der Waals surface area contributed by atoms with Crippen molar-refractivity contribution in [1.82, 2.24) is 9.55 Å². The maximum Gasteiger partial charge on any atom is 0.263 e. The zero-order valence-corrected chi connectivity index (χ0v) is 18.8. The number of hydrogen-bond donors (Lipinski definition) is 1. The van der Waals surface area contributed by atoms with Crippen molar-refractivity contribution in [2.75, 3.05) is 24.3 Å². The quantitative estimate of drug-likeness (QED) is 0.506. The number of carbonyl (C=O) groups excluding carboxylic acids is 1. The van der Waals surface area contributed by atoms with E-state index in [1.165, 1.54) is 33.4 Å². The van der Waals surface area contributed by atoms with E-state index < -0.39 is 0 Å². The number of aryl methyl sites for hydroxylation is 2. The molecule has 0 spiro atoms. The number of hydrogen-bond acceptors (Lipinski definition) is 5. The van der Waals surface area contributed by atoms with E-state index in [-0.39, 0.29) is 18.0 Å². The Morgan fingerprint density at radius 3 is 2.52 bits per heavy atom. The molecule has 4 rings (SSSR count). The van der Waals surface area contributed by atoms with E-state index in [4.69, 9.17) is 0 Å². The molecule has 2 heterocycles. The van der Waals surface area contributed by atoms with Gasteiger partial charge in [-0.05, 0) is 54.8 Å². The molecule has 2 aromatic carbocycles. The Balaban J connectivity index is 1.61. The smallest absolute Gasteiger partial charge is 0.263 e. The van der Waals surface area contributed by atoms with Crippen LogP contribution >= 0.6 is 11.3 Å². The topological polar surface area (TPSA) is 67.2 Å². The number of thiophene rings is 1. The molecule has 31 heavy (non-hydrogen) atoms. The lowest BCUT2D eigenvalue weighted by molar-refractivity contribution is -0.116.